The number of aliphatic hydroxyl groups excluding tert-OH is 1. The molecule has 0 aromatic heterocycles. The highest BCUT2D eigenvalue weighted by atomic mass is 32.2. The van der Waals surface area contributed by atoms with Crippen LogP contribution in [0.25, 0.3) is 0 Å². The molecule has 0 saturated carbocycles. The number of hydrogen-bond acceptors (Lipinski definition) is 8. The Bertz CT molecular complexity index is 1160. The minimum atomic E-state index is -3.73. The molecule has 7 nitrogen and oxygen atoms in total. The first-order valence-corrected chi connectivity index (χ1v) is 14.3. The van der Waals surface area contributed by atoms with Crippen LogP contribution in [0, 0.1) is 11.2 Å². The van der Waals surface area contributed by atoms with E-state index in [4.69, 9.17) is 4.74 Å². The first-order valence-electron chi connectivity index (χ1n) is 11.4. The van der Waals surface area contributed by atoms with Crippen molar-refractivity contribution in [2.45, 2.75) is 49.0 Å². The number of halogens is 1. The molecule has 1 heterocycles. The highest BCUT2D eigenvalue weighted by Crippen LogP contribution is 2.46. The summed E-state index contributed by atoms with van der Waals surface area (Å²) in [7, 11) is -2.57. The Kier molecular flexibility index (Phi) is 8.72. The summed E-state index contributed by atoms with van der Waals surface area (Å²) in [4.78, 5) is 14.2. The summed E-state index contributed by atoms with van der Waals surface area (Å²) in [5.74, 6) is -1.01. The maximum absolute atomic E-state index is 13.7. The van der Waals surface area contributed by atoms with Crippen LogP contribution in [-0.2, 0) is 19.4 Å². The number of carbonyl (C=O) groups excluding carboxylic acids is 1. The largest absolute Gasteiger partial charge is 0.489 e. The Morgan fingerprint density at radius 2 is 1.97 bits per heavy atom. The lowest BCUT2D eigenvalue weighted by molar-refractivity contribution is -0.151. The standard InChI is InChI=1S/C25H32FNO6S2/c1-5-6-11-25(2)15-27(18-9-7-17(26)8-10-18)19-12-22(34-4)21(13-23(19)35(30,31)16-25)33-14-20(28)24(29)32-3/h7-10,12-13,20,28H,5-6,11,14-16H2,1-4H3/t20-,25+/m1/s1. The van der Waals surface area contributed by atoms with E-state index in [9.17, 15) is 22.7 Å². The highest BCUT2D eigenvalue weighted by Gasteiger charge is 2.40. The summed E-state index contributed by atoms with van der Waals surface area (Å²) < 4.78 is 51.2. The molecule has 2 atom stereocenters. The minimum Gasteiger partial charge on any atom is -0.489 e. The number of nitrogens with zero attached hydrogens (tertiary/aromatic N) is 1. The van der Waals surface area contributed by atoms with Crippen LogP contribution in [0.15, 0.2) is 46.2 Å². The van der Waals surface area contributed by atoms with Gasteiger partial charge in [0.1, 0.15) is 18.2 Å². The third-order valence-corrected chi connectivity index (χ3v) is 8.92. The zero-order valence-electron chi connectivity index (χ0n) is 20.4. The lowest BCUT2D eigenvalue weighted by Gasteiger charge is -2.34. The quantitative estimate of drug-likeness (QED) is 0.376. The molecular weight excluding hydrogens is 493 g/mol. The molecule has 1 aliphatic heterocycles. The molecule has 35 heavy (non-hydrogen) atoms. The number of fused-ring (bicyclic) bond motifs is 1. The number of rotatable bonds is 9. The molecule has 1 N–H and O–H groups in total. The number of hydrogen-bond donors (Lipinski definition) is 1. The van der Waals surface area contributed by atoms with Crippen molar-refractivity contribution in [1.29, 1.82) is 0 Å². The molecule has 0 radical (unpaired) electrons. The fraction of sp³-hybridized carbons (Fsp3) is 0.480. The second-order valence-corrected chi connectivity index (χ2v) is 11.9. The minimum absolute atomic E-state index is 0.0481. The molecule has 3 rings (SSSR count). The Hall–Kier alpha value is -2.30. The molecule has 0 fully saturated rings. The van der Waals surface area contributed by atoms with Gasteiger partial charge < -0.3 is 19.5 Å². The van der Waals surface area contributed by atoms with E-state index in [0.717, 1.165) is 26.4 Å². The summed E-state index contributed by atoms with van der Waals surface area (Å²) in [6.07, 6.45) is 2.87. The van der Waals surface area contributed by atoms with Gasteiger partial charge >= 0.3 is 5.97 Å². The molecule has 0 amide bonds. The third-order valence-electron chi connectivity index (χ3n) is 6.09. The van der Waals surface area contributed by atoms with Crippen LogP contribution < -0.4 is 9.64 Å². The number of thioether (sulfide) groups is 1. The maximum Gasteiger partial charge on any atom is 0.338 e. The average Bonchev–Trinajstić information content (AvgIpc) is 2.92. The van der Waals surface area contributed by atoms with Crippen molar-refractivity contribution in [1.82, 2.24) is 0 Å². The van der Waals surface area contributed by atoms with E-state index in [1.807, 2.05) is 18.1 Å². The number of aliphatic hydroxyl groups is 1. The van der Waals surface area contributed by atoms with Gasteiger partial charge in [0.05, 0.1) is 28.3 Å². The molecule has 0 spiro atoms. The zero-order chi connectivity index (χ0) is 25.8. The van der Waals surface area contributed by atoms with Crippen LogP contribution in [0.1, 0.15) is 33.1 Å². The van der Waals surface area contributed by atoms with Crippen LogP contribution in [0.3, 0.4) is 0 Å². The fourth-order valence-corrected chi connectivity index (χ4v) is 6.92. The second-order valence-electron chi connectivity index (χ2n) is 9.06. The number of benzene rings is 2. The predicted octanol–water partition coefficient (Wildman–Crippen LogP) is 4.58. The monoisotopic (exact) mass is 525 g/mol. The first kappa shape index (κ1) is 27.3. The molecular formula is C25H32FNO6S2. The van der Waals surface area contributed by atoms with Gasteiger partial charge in [-0.05, 0) is 48.4 Å². The molecule has 1 aliphatic rings. The van der Waals surface area contributed by atoms with Gasteiger partial charge in [-0.1, -0.05) is 26.7 Å². The lowest BCUT2D eigenvalue weighted by Crippen LogP contribution is -2.35. The van der Waals surface area contributed by atoms with Crippen molar-refractivity contribution >= 4 is 38.9 Å². The molecule has 10 heteroatoms. The molecule has 2 aromatic rings. The van der Waals surface area contributed by atoms with Crippen molar-refractivity contribution in [2.24, 2.45) is 5.41 Å². The van der Waals surface area contributed by atoms with E-state index in [1.54, 1.807) is 18.2 Å². The van der Waals surface area contributed by atoms with E-state index in [-0.39, 0.29) is 28.8 Å². The van der Waals surface area contributed by atoms with Crippen LogP contribution in [0.5, 0.6) is 5.75 Å². The Balaban J connectivity index is 2.14. The number of unbranched alkanes of at least 4 members (excludes halogenated alkanes) is 1. The van der Waals surface area contributed by atoms with Gasteiger partial charge in [0.15, 0.2) is 15.9 Å². The molecule has 192 valence electrons. The molecule has 2 aromatic carbocycles. The zero-order valence-corrected chi connectivity index (χ0v) is 22.0. The Labute approximate surface area is 210 Å². The molecule has 0 saturated heterocycles. The second kappa shape index (κ2) is 11.2. The molecule has 0 bridgehead atoms. The van der Waals surface area contributed by atoms with Crippen molar-refractivity contribution in [3.8, 4) is 5.75 Å². The SMILES string of the molecule is CCCC[C@@]1(C)CN(c2ccc(F)cc2)c2cc(SC)c(OC[C@@H](O)C(=O)OC)cc2S(=O)(=O)C1. The fourth-order valence-electron chi connectivity index (χ4n) is 4.29. The van der Waals surface area contributed by atoms with Gasteiger partial charge in [0.25, 0.3) is 0 Å². The number of anilines is 2. The van der Waals surface area contributed by atoms with Gasteiger partial charge in [-0.3, -0.25) is 0 Å². The van der Waals surface area contributed by atoms with E-state index < -0.39 is 27.3 Å². The number of ether oxygens (including phenoxy) is 2. The van der Waals surface area contributed by atoms with Gasteiger partial charge in [0, 0.05) is 18.3 Å². The highest BCUT2D eigenvalue weighted by molar-refractivity contribution is 7.98. The van der Waals surface area contributed by atoms with Gasteiger partial charge in [-0.2, -0.15) is 0 Å². The smallest absolute Gasteiger partial charge is 0.338 e. The summed E-state index contributed by atoms with van der Waals surface area (Å²) in [5, 5.41) is 9.93. The Morgan fingerprint density at radius 1 is 1.29 bits per heavy atom. The summed E-state index contributed by atoms with van der Waals surface area (Å²) in [6.45, 7) is 4.11. The number of carbonyl (C=O) groups is 1. The Morgan fingerprint density at radius 3 is 2.57 bits per heavy atom. The molecule has 0 unspecified atom stereocenters. The summed E-state index contributed by atoms with van der Waals surface area (Å²) >= 11 is 1.35. The summed E-state index contributed by atoms with van der Waals surface area (Å²) in [6, 6.07) is 9.22. The normalized spacial score (nSPS) is 20.0. The van der Waals surface area contributed by atoms with Crippen LogP contribution in [0.2, 0.25) is 0 Å². The van der Waals surface area contributed by atoms with Crippen LogP contribution in [-0.4, -0.2) is 57.9 Å². The van der Waals surface area contributed by atoms with E-state index in [1.165, 1.54) is 30.0 Å². The lowest BCUT2D eigenvalue weighted by atomic mass is 9.86. The maximum atomic E-state index is 13.7. The molecule has 0 aliphatic carbocycles. The third kappa shape index (κ3) is 6.29. The number of methoxy groups -OCH3 is 1. The summed E-state index contributed by atoms with van der Waals surface area (Å²) in [5.41, 5.74) is 0.639. The average molecular weight is 526 g/mol. The van der Waals surface area contributed by atoms with E-state index in [0.29, 0.717) is 22.8 Å². The topological polar surface area (TPSA) is 93.1 Å². The predicted molar refractivity (Wildman–Crippen MR) is 135 cm³/mol. The van der Waals surface area contributed by atoms with Crippen molar-refractivity contribution in [2.75, 3.05) is 37.2 Å². The number of esters is 1. The first-order chi connectivity index (χ1) is 16.5. The van der Waals surface area contributed by atoms with Gasteiger partial charge in [-0.25, -0.2) is 17.6 Å². The van der Waals surface area contributed by atoms with Crippen molar-refractivity contribution in [3.05, 3.63) is 42.2 Å². The van der Waals surface area contributed by atoms with Crippen molar-refractivity contribution in [3.63, 3.8) is 0 Å². The van der Waals surface area contributed by atoms with Crippen LogP contribution in [0.4, 0.5) is 15.8 Å². The van der Waals surface area contributed by atoms with Gasteiger partial charge in [-0.15, -0.1) is 11.8 Å². The van der Waals surface area contributed by atoms with E-state index in [2.05, 4.69) is 11.7 Å². The van der Waals surface area contributed by atoms with Crippen molar-refractivity contribution < 1.29 is 32.2 Å². The number of sulfone groups is 1. The van der Waals surface area contributed by atoms with Crippen LogP contribution >= 0.6 is 11.8 Å². The van der Waals surface area contributed by atoms with Gasteiger partial charge in [0.2, 0.25) is 0 Å². The van der Waals surface area contributed by atoms with E-state index >= 15 is 0 Å².